The molecule has 0 rings (SSSR count). The Morgan fingerprint density at radius 1 is 1.38 bits per heavy atom. The molecule has 0 bridgehead atoms. The van der Waals surface area contributed by atoms with Crippen LogP contribution in [0.15, 0.2) is 35.2 Å². The van der Waals surface area contributed by atoms with Crippen LogP contribution in [0.25, 0.3) is 0 Å². The molecule has 0 spiro atoms. The molecule has 1 amide bonds. The molecule has 13 heavy (non-hydrogen) atoms. The lowest BCUT2D eigenvalue weighted by Crippen LogP contribution is -1.89. The molecule has 0 radical (unpaired) electrons. The average molecular weight is 202 g/mol. The van der Waals surface area contributed by atoms with E-state index in [2.05, 4.69) is 36.0 Å². The molecular formula is C9H18N2OS. The Bertz CT molecular complexity index is 176. The monoisotopic (exact) mass is 202 g/mol. The Morgan fingerprint density at radius 3 is 2.00 bits per heavy atom. The van der Waals surface area contributed by atoms with Crippen LogP contribution in [0.2, 0.25) is 0 Å². The third-order valence-electron chi connectivity index (χ3n) is 0.595. The molecule has 4 heteroatoms. The van der Waals surface area contributed by atoms with E-state index in [0.29, 0.717) is 5.57 Å². The van der Waals surface area contributed by atoms with Gasteiger partial charge >= 0.3 is 0 Å². The largest absolute Gasteiger partial charge is 0.290 e. The van der Waals surface area contributed by atoms with Crippen LogP contribution < -0.4 is 0 Å². The number of amides is 1. The van der Waals surface area contributed by atoms with Crippen molar-refractivity contribution in [1.82, 2.24) is 0 Å². The van der Waals surface area contributed by atoms with Crippen LogP contribution in [0.1, 0.15) is 20.8 Å². The van der Waals surface area contributed by atoms with E-state index in [1.54, 1.807) is 13.2 Å². The van der Waals surface area contributed by atoms with Crippen molar-refractivity contribution in [3.05, 3.63) is 24.9 Å². The van der Waals surface area contributed by atoms with E-state index < -0.39 is 5.91 Å². The van der Waals surface area contributed by atoms with E-state index in [1.807, 2.05) is 13.8 Å². The van der Waals surface area contributed by atoms with Crippen molar-refractivity contribution in [2.24, 2.45) is 10.2 Å². The number of carbonyl (C=O) groups is 1. The number of nitrogens with zero attached hydrogens (tertiary/aromatic N) is 2. The van der Waals surface area contributed by atoms with Gasteiger partial charge < -0.3 is 0 Å². The van der Waals surface area contributed by atoms with E-state index in [-0.39, 0.29) is 0 Å². The Morgan fingerprint density at radius 2 is 1.77 bits per heavy atom. The summed E-state index contributed by atoms with van der Waals surface area (Å²) in [7, 11) is 0. The van der Waals surface area contributed by atoms with Gasteiger partial charge in [0.1, 0.15) is 0 Å². The van der Waals surface area contributed by atoms with Gasteiger partial charge in [0.15, 0.2) is 0 Å². The number of carbonyl (C=O) groups excluding carboxylic acids is 1. The van der Waals surface area contributed by atoms with Gasteiger partial charge in [-0.05, 0) is 13.2 Å². The van der Waals surface area contributed by atoms with Crippen molar-refractivity contribution in [2.45, 2.75) is 20.8 Å². The molecule has 0 aliphatic carbocycles. The summed E-state index contributed by atoms with van der Waals surface area (Å²) in [5, 5.41) is 6.48. The highest BCUT2D eigenvalue weighted by Gasteiger charge is 1.95. The molecule has 0 saturated heterocycles. The number of azo groups is 1. The first kappa shape index (κ1) is 18.0. The Kier molecular flexibility index (Phi) is 23.9. The van der Waals surface area contributed by atoms with Gasteiger partial charge in [0.05, 0.1) is 0 Å². The fourth-order valence-electron chi connectivity index (χ4n) is 0.179. The SMILES string of the molecule is C=CN=NC(=O)C(=C)C.CC.CS. The molecule has 0 aliphatic rings. The lowest BCUT2D eigenvalue weighted by atomic mass is 10.3. The molecule has 0 aromatic heterocycles. The molecule has 0 saturated carbocycles. The molecular weight excluding hydrogens is 184 g/mol. The predicted octanol–water partition coefficient (Wildman–Crippen LogP) is 3.26. The van der Waals surface area contributed by atoms with Gasteiger partial charge in [-0.2, -0.15) is 17.7 Å². The van der Waals surface area contributed by atoms with Gasteiger partial charge in [0.2, 0.25) is 0 Å². The summed E-state index contributed by atoms with van der Waals surface area (Å²) in [6.45, 7) is 12.2. The van der Waals surface area contributed by atoms with Crippen LogP contribution in [0.4, 0.5) is 0 Å². The maximum Gasteiger partial charge on any atom is 0.290 e. The molecule has 3 nitrogen and oxygen atoms in total. The van der Waals surface area contributed by atoms with Crippen LogP contribution in [0.3, 0.4) is 0 Å². The van der Waals surface area contributed by atoms with Crippen LogP contribution in [-0.2, 0) is 4.79 Å². The summed E-state index contributed by atoms with van der Waals surface area (Å²) < 4.78 is 0. The molecule has 76 valence electrons. The molecule has 0 N–H and O–H groups in total. The van der Waals surface area contributed by atoms with E-state index in [9.17, 15) is 4.79 Å². The Balaban J connectivity index is -0.000000218. The van der Waals surface area contributed by atoms with E-state index in [4.69, 9.17) is 0 Å². The molecule has 0 aromatic rings. The fourth-order valence-corrected chi connectivity index (χ4v) is 0.179. The zero-order valence-electron chi connectivity index (χ0n) is 8.74. The topological polar surface area (TPSA) is 41.8 Å². The maximum atomic E-state index is 10.5. The highest BCUT2D eigenvalue weighted by atomic mass is 32.1. The lowest BCUT2D eigenvalue weighted by Gasteiger charge is -1.83. The lowest BCUT2D eigenvalue weighted by molar-refractivity contribution is -0.114. The van der Waals surface area contributed by atoms with Gasteiger partial charge in [-0.25, -0.2) is 0 Å². The first-order chi connectivity index (χ1) is 6.18. The van der Waals surface area contributed by atoms with Crippen LogP contribution in [0.5, 0.6) is 0 Å². The average Bonchev–Trinajstić information content (AvgIpc) is 2.20. The summed E-state index contributed by atoms with van der Waals surface area (Å²) in [5.74, 6) is -0.408. The quantitative estimate of drug-likeness (QED) is 0.417. The third-order valence-corrected chi connectivity index (χ3v) is 0.595. The van der Waals surface area contributed by atoms with Crippen molar-refractivity contribution in [2.75, 3.05) is 6.26 Å². The minimum Gasteiger partial charge on any atom is -0.265 e. The minimum absolute atomic E-state index is 0.376. The minimum atomic E-state index is -0.408. The van der Waals surface area contributed by atoms with Gasteiger partial charge in [-0.3, -0.25) is 4.79 Å². The Labute approximate surface area is 86.1 Å². The van der Waals surface area contributed by atoms with Crippen molar-refractivity contribution in [3.8, 4) is 0 Å². The van der Waals surface area contributed by atoms with Crippen molar-refractivity contribution in [1.29, 1.82) is 0 Å². The van der Waals surface area contributed by atoms with Crippen molar-refractivity contribution >= 4 is 18.5 Å². The van der Waals surface area contributed by atoms with Crippen molar-refractivity contribution < 1.29 is 4.79 Å². The Hall–Kier alpha value is -0.900. The van der Waals surface area contributed by atoms with E-state index in [0.717, 1.165) is 0 Å². The molecule has 0 heterocycles. The molecule has 0 aromatic carbocycles. The number of thiol groups is 1. The van der Waals surface area contributed by atoms with Gasteiger partial charge in [-0.15, -0.1) is 5.11 Å². The summed E-state index contributed by atoms with van der Waals surface area (Å²) in [4.78, 5) is 10.5. The third kappa shape index (κ3) is 18.2. The summed E-state index contributed by atoms with van der Waals surface area (Å²) in [5.41, 5.74) is 0.376. The van der Waals surface area contributed by atoms with E-state index in [1.165, 1.54) is 6.20 Å². The zero-order valence-corrected chi connectivity index (χ0v) is 9.64. The van der Waals surface area contributed by atoms with Crippen molar-refractivity contribution in [3.63, 3.8) is 0 Å². The zero-order chi connectivity index (χ0) is 11.3. The second-order valence-electron chi connectivity index (χ2n) is 1.48. The molecule has 0 unspecified atom stereocenters. The highest BCUT2D eigenvalue weighted by Crippen LogP contribution is 1.90. The second kappa shape index (κ2) is 17.3. The van der Waals surface area contributed by atoms with Gasteiger partial charge in [-0.1, -0.05) is 27.0 Å². The fraction of sp³-hybridized carbons (Fsp3) is 0.444. The summed E-state index contributed by atoms with van der Waals surface area (Å²) >= 11 is 3.53. The number of hydrogen-bond donors (Lipinski definition) is 1. The summed E-state index contributed by atoms with van der Waals surface area (Å²) in [6.07, 6.45) is 2.89. The molecule has 0 atom stereocenters. The number of hydrogen-bond acceptors (Lipinski definition) is 3. The number of rotatable bonds is 2. The normalized spacial score (nSPS) is 7.46. The van der Waals surface area contributed by atoms with Crippen LogP contribution >= 0.6 is 12.6 Å². The molecule has 0 fully saturated rings. The smallest absolute Gasteiger partial charge is 0.265 e. The van der Waals surface area contributed by atoms with Gasteiger partial charge in [0, 0.05) is 11.8 Å². The highest BCUT2D eigenvalue weighted by molar-refractivity contribution is 7.79. The standard InChI is InChI=1S/C6H8N2O.C2H6.CH4S/c1-4-7-8-6(9)5(2)3;2*1-2/h4H,1-2H2,3H3;1-2H3;2H,1H3. The predicted molar refractivity (Wildman–Crippen MR) is 61.1 cm³/mol. The summed E-state index contributed by atoms with van der Waals surface area (Å²) in [6, 6.07) is 0. The molecule has 0 aliphatic heterocycles. The maximum absolute atomic E-state index is 10.5. The second-order valence-corrected chi connectivity index (χ2v) is 1.48. The van der Waals surface area contributed by atoms with E-state index >= 15 is 0 Å². The van der Waals surface area contributed by atoms with Crippen LogP contribution in [0, 0.1) is 0 Å². The van der Waals surface area contributed by atoms with Crippen LogP contribution in [-0.4, -0.2) is 12.2 Å². The first-order valence-electron chi connectivity index (χ1n) is 3.84. The first-order valence-corrected chi connectivity index (χ1v) is 4.74. The van der Waals surface area contributed by atoms with Gasteiger partial charge in [0.25, 0.3) is 5.91 Å².